The first kappa shape index (κ1) is 26.6. The van der Waals surface area contributed by atoms with E-state index in [0.29, 0.717) is 44.9 Å². The van der Waals surface area contributed by atoms with Crippen molar-refractivity contribution in [1.29, 1.82) is 0 Å². The summed E-state index contributed by atoms with van der Waals surface area (Å²) < 4.78 is 19.4. The van der Waals surface area contributed by atoms with E-state index in [1.165, 1.54) is 30.7 Å². The maximum Gasteiger partial charge on any atom is 0.304 e. The van der Waals surface area contributed by atoms with Gasteiger partial charge < -0.3 is 9.84 Å². The number of hydrogen-bond donors (Lipinski definition) is 1. The summed E-state index contributed by atoms with van der Waals surface area (Å²) in [7, 11) is 1.36. The number of rotatable bonds is 10. The molecule has 0 unspecified atom stereocenters. The van der Waals surface area contributed by atoms with Crippen molar-refractivity contribution < 1.29 is 23.8 Å². The van der Waals surface area contributed by atoms with Crippen molar-refractivity contribution in [3.63, 3.8) is 0 Å². The molecule has 2 aliphatic rings. The molecule has 1 atom stereocenters. The Labute approximate surface area is 229 Å². The van der Waals surface area contributed by atoms with E-state index in [2.05, 4.69) is 4.98 Å². The summed E-state index contributed by atoms with van der Waals surface area (Å²) in [5.41, 5.74) is 2.51. The van der Waals surface area contributed by atoms with Crippen LogP contribution in [0.15, 0.2) is 35.8 Å². The van der Waals surface area contributed by atoms with E-state index in [1.807, 2.05) is 5.38 Å². The molecule has 10 heteroatoms. The molecule has 200 valence electrons. The molecule has 3 aromatic rings. The normalized spacial score (nSPS) is 16.4. The Kier molecular flexibility index (Phi) is 7.95. The Bertz CT molecular complexity index is 1340. The fourth-order valence-corrected chi connectivity index (χ4v) is 6.36. The van der Waals surface area contributed by atoms with E-state index in [0.717, 1.165) is 38.5 Å². The second-order valence-electron chi connectivity index (χ2n) is 10.0. The van der Waals surface area contributed by atoms with Crippen molar-refractivity contribution in [1.82, 2.24) is 9.97 Å². The smallest absolute Gasteiger partial charge is 0.304 e. The highest BCUT2D eigenvalue weighted by Crippen LogP contribution is 2.41. The summed E-state index contributed by atoms with van der Waals surface area (Å²) >= 11 is 7.67. The first-order chi connectivity index (χ1) is 18.3. The van der Waals surface area contributed by atoms with E-state index >= 15 is 0 Å². The number of thiazole rings is 1. The number of hydrogen-bond acceptors (Lipinski definition) is 6. The van der Waals surface area contributed by atoms with Crippen molar-refractivity contribution in [3.05, 3.63) is 46.7 Å². The SMILES string of the molecule is COc1ncc(-c2ccc(Cl)cc2-c2csc(N(C(=O)[C@@H](CC(=O)O)CC3CCCC3)C3CC3)n2)cc1F. The van der Waals surface area contributed by atoms with Crippen LogP contribution < -0.4 is 9.64 Å². The number of carboxylic acids is 1. The lowest BCUT2D eigenvalue weighted by atomic mass is 9.90. The number of carbonyl (C=O) groups is 2. The second-order valence-corrected chi connectivity index (χ2v) is 11.3. The Hall–Kier alpha value is -3.04. The molecular weight excluding hydrogens is 529 g/mol. The van der Waals surface area contributed by atoms with Crippen LogP contribution in [-0.2, 0) is 9.59 Å². The van der Waals surface area contributed by atoms with E-state index in [-0.39, 0.29) is 24.2 Å². The molecule has 38 heavy (non-hydrogen) atoms. The number of pyridine rings is 1. The minimum atomic E-state index is -0.958. The molecule has 2 heterocycles. The minimum absolute atomic E-state index is 0.0279. The Morgan fingerprint density at radius 1 is 1.21 bits per heavy atom. The molecule has 1 aromatic carbocycles. The Morgan fingerprint density at radius 3 is 2.63 bits per heavy atom. The third-order valence-electron chi connectivity index (χ3n) is 7.28. The topological polar surface area (TPSA) is 92.6 Å². The van der Waals surface area contributed by atoms with Gasteiger partial charge in [-0.1, -0.05) is 43.4 Å². The van der Waals surface area contributed by atoms with Crippen LogP contribution in [-0.4, -0.2) is 40.1 Å². The molecule has 1 amide bonds. The van der Waals surface area contributed by atoms with Gasteiger partial charge in [0, 0.05) is 39.7 Å². The van der Waals surface area contributed by atoms with Gasteiger partial charge in [0.2, 0.25) is 11.8 Å². The van der Waals surface area contributed by atoms with Crippen LogP contribution in [0.1, 0.15) is 51.4 Å². The van der Waals surface area contributed by atoms with E-state index in [4.69, 9.17) is 21.3 Å². The van der Waals surface area contributed by atoms with Gasteiger partial charge in [0.15, 0.2) is 10.9 Å². The van der Waals surface area contributed by atoms with Gasteiger partial charge in [-0.25, -0.2) is 14.4 Å². The quantitative estimate of drug-likeness (QED) is 0.293. The third kappa shape index (κ3) is 5.83. The average Bonchev–Trinajstić information content (AvgIpc) is 3.36. The molecule has 0 aliphatic heterocycles. The van der Waals surface area contributed by atoms with Crippen LogP contribution >= 0.6 is 22.9 Å². The second kappa shape index (κ2) is 11.4. The number of methoxy groups -OCH3 is 1. The fraction of sp³-hybridized carbons (Fsp3) is 0.429. The van der Waals surface area contributed by atoms with Gasteiger partial charge in [-0.3, -0.25) is 14.5 Å². The maximum absolute atomic E-state index is 14.4. The number of aromatic nitrogens is 2. The molecule has 2 aromatic heterocycles. The Balaban J connectivity index is 1.47. The lowest BCUT2D eigenvalue weighted by molar-refractivity contribution is -0.141. The maximum atomic E-state index is 14.4. The van der Waals surface area contributed by atoms with Gasteiger partial charge in [-0.2, -0.15) is 0 Å². The van der Waals surface area contributed by atoms with Crippen molar-refractivity contribution >= 4 is 39.9 Å². The van der Waals surface area contributed by atoms with Gasteiger partial charge >= 0.3 is 5.97 Å². The monoisotopic (exact) mass is 557 g/mol. The molecule has 1 N–H and O–H groups in total. The molecule has 0 bridgehead atoms. The number of benzene rings is 1. The van der Waals surface area contributed by atoms with Crippen molar-refractivity contribution in [3.8, 4) is 28.3 Å². The van der Waals surface area contributed by atoms with Crippen molar-refractivity contribution in [2.45, 2.75) is 57.4 Å². The van der Waals surface area contributed by atoms with Crippen LogP contribution in [0.4, 0.5) is 9.52 Å². The summed E-state index contributed by atoms with van der Waals surface area (Å²) in [6, 6.07) is 6.64. The van der Waals surface area contributed by atoms with Crippen molar-refractivity contribution in [2.75, 3.05) is 12.0 Å². The van der Waals surface area contributed by atoms with Crippen LogP contribution in [0.2, 0.25) is 5.02 Å². The predicted molar refractivity (Wildman–Crippen MR) is 145 cm³/mol. The molecule has 2 aliphatic carbocycles. The molecular formula is C28H29ClFN3O4S. The van der Waals surface area contributed by atoms with Gasteiger partial charge in [0.1, 0.15) is 0 Å². The standard InChI is InChI=1S/C28H29ClFN3O4S/c1-37-26-23(30)11-18(14-31-26)21-9-6-19(29)13-22(21)24-15-38-28(32-24)33(20-7-8-20)27(36)17(12-25(34)35)10-16-4-2-3-5-16/h6,9,11,13-17,20H,2-5,7-8,10,12H2,1H3,(H,34,35)/t17-/m1/s1. The zero-order chi connectivity index (χ0) is 26.8. The lowest BCUT2D eigenvalue weighted by Crippen LogP contribution is -2.39. The number of carboxylic acid groups (broad SMARTS) is 1. The molecule has 0 radical (unpaired) electrons. The molecule has 2 saturated carbocycles. The largest absolute Gasteiger partial charge is 0.481 e. The highest BCUT2D eigenvalue weighted by atomic mass is 35.5. The number of amides is 1. The number of halogens is 2. The number of nitrogens with zero attached hydrogens (tertiary/aromatic N) is 3. The minimum Gasteiger partial charge on any atom is -0.481 e. The van der Waals surface area contributed by atoms with Crippen LogP contribution in [0.25, 0.3) is 22.4 Å². The summed E-state index contributed by atoms with van der Waals surface area (Å²) in [5.74, 6) is -1.96. The fourth-order valence-electron chi connectivity index (χ4n) is 5.29. The van der Waals surface area contributed by atoms with Gasteiger partial charge in [-0.15, -0.1) is 11.3 Å². The molecule has 0 saturated heterocycles. The van der Waals surface area contributed by atoms with Gasteiger partial charge in [-0.05, 0) is 48.9 Å². The summed E-state index contributed by atoms with van der Waals surface area (Å²) in [5, 5.41) is 12.4. The summed E-state index contributed by atoms with van der Waals surface area (Å²) in [6.45, 7) is 0. The molecule has 5 rings (SSSR count). The summed E-state index contributed by atoms with van der Waals surface area (Å²) in [4.78, 5) is 36.0. The molecule has 0 spiro atoms. The van der Waals surface area contributed by atoms with Crippen LogP contribution in [0.5, 0.6) is 5.88 Å². The van der Waals surface area contributed by atoms with Crippen LogP contribution in [0.3, 0.4) is 0 Å². The number of carbonyl (C=O) groups excluding carboxylic acids is 1. The van der Waals surface area contributed by atoms with E-state index < -0.39 is 17.7 Å². The van der Waals surface area contributed by atoms with Crippen LogP contribution in [0, 0.1) is 17.7 Å². The first-order valence-electron chi connectivity index (χ1n) is 12.8. The van der Waals surface area contributed by atoms with Gasteiger partial charge in [0.25, 0.3) is 0 Å². The molecule has 2 fully saturated rings. The highest BCUT2D eigenvalue weighted by molar-refractivity contribution is 7.14. The first-order valence-corrected chi connectivity index (χ1v) is 14.1. The number of aliphatic carboxylic acids is 1. The Morgan fingerprint density at radius 2 is 1.97 bits per heavy atom. The average molecular weight is 558 g/mol. The van der Waals surface area contributed by atoms with E-state index in [1.54, 1.807) is 23.1 Å². The summed E-state index contributed by atoms with van der Waals surface area (Å²) in [6.07, 6.45) is 8.05. The number of ether oxygens (including phenoxy) is 1. The lowest BCUT2D eigenvalue weighted by Gasteiger charge is -2.26. The van der Waals surface area contributed by atoms with E-state index in [9.17, 15) is 19.1 Å². The molecule has 7 nitrogen and oxygen atoms in total. The zero-order valence-corrected chi connectivity index (χ0v) is 22.6. The predicted octanol–water partition coefficient (Wildman–Crippen LogP) is 6.84. The zero-order valence-electron chi connectivity index (χ0n) is 21.0. The third-order valence-corrected chi connectivity index (χ3v) is 8.35. The van der Waals surface area contributed by atoms with Crippen molar-refractivity contribution in [2.24, 2.45) is 11.8 Å². The highest BCUT2D eigenvalue weighted by Gasteiger charge is 2.40. The number of anilines is 1. The van der Waals surface area contributed by atoms with Gasteiger partial charge in [0.05, 0.1) is 19.2 Å².